The molecule has 0 fully saturated rings. The molecule has 0 saturated carbocycles. The second kappa shape index (κ2) is 10.1. The fourth-order valence-corrected chi connectivity index (χ4v) is 3.23. The summed E-state index contributed by atoms with van der Waals surface area (Å²) in [7, 11) is 0. The van der Waals surface area contributed by atoms with Crippen LogP contribution in [-0.2, 0) is 13.0 Å². The Morgan fingerprint density at radius 3 is 2.24 bits per heavy atom. The lowest BCUT2D eigenvalue weighted by molar-refractivity contribution is 0.0950. The predicted molar refractivity (Wildman–Crippen MR) is 122 cm³/mol. The fourth-order valence-electron chi connectivity index (χ4n) is 3.05. The van der Waals surface area contributed by atoms with Crippen LogP contribution in [0.3, 0.4) is 0 Å². The van der Waals surface area contributed by atoms with E-state index in [1.807, 2.05) is 12.1 Å². The van der Waals surface area contributed by atoms with Gasteiger partial charge in [0.05, 0.1) is 5.56 Å². The lowest BCUT2D eigenvalue weighted by Gasteiger charge is -2.14. The van der Waals surface area contributed by atoms with Crippen molar-refractivity contribution in [3.8, 4) is 0 Å². The number of hydrogen-bond acceptors (Lipinski definition) is 2. The van der Waals surface area contributed by atoms with Gasteiger partial charge in [0.1, 0.15) is 0 Å². The van der Waals surface area contributed by atoms with Crippen molar-refractivity contribution in [3.05, 3.63) is 100 Å². The van der Waals surface area contributed by atoms with E-state index in [0.717, 1.165) is 17.7 Å². The van der Waals surface area contributed by atoms with E-state index in [2.05, 4.69) is 73.0 Å². The molecule has 0 aliphatic carbocycles. The Kier molecular flexibility index (Phi) is 7.31. The van der Waals surface area contributed by atoms with Crippen LogP contribution in [0.5, 0.6) is 0 Å². The molecule has 0 aromatic heterocycles. The maximum atomic E-state index is 12.5. The van der Waals surface area contributed by atoms with E-state index < -0.39 is 0 Å². The molecule has 0 saturated heterocycles. The van der Waals surface area contributed by atoms with E-state index in [-0.39, 0.29) is 5.91 Å². The predicted octanol–water partition coefficient (Wildman–Crippen LogP) is 5.93. The summed E-state index contributed by atoms with van der Waals surface area (Å²) in [4.78, 5) is 12.5. The van der Waals surface area contributed by atoms with Gasteiger partial charge in [-0.15, -0.1) is 0 Å². The molecule has 0 bridgehead atoms. The van der Waals surface area contributed by atoms with Crippen LogP contribution in [-0.4, -0.2) is 12.5 Å². The highest BCUT2D eigenvalue weighted by molar-refractivity contribution is 6.31. The molecule has 4 heteroatoms. The summed E-state index contributed by atoms with van der Waals surface area (Å²) < 4.78 is 0. The Hall–Kier alpha value is -2.78. The van der Waals surface area contributed by atoms with Crippen molar-refractivity contribution in [1.82, 2.24) is 5.32 Å². The van der Waals surface area contributed by atoms with Crippen LogP contribution in [0.25, 0.3) is 0 Å². The third-order valence-electron chi connectivity index (χ3n) is 4.65. The lowest BCUT2D eigenvalue weighted by Crippen LogP contribution is -2.28. The van der Waals surface area contributed by atoms with E-state index in [9.17, 15) is 4.79 Å². The van der Waals surface area contributed by atoms with Crippen molar-refractivity contribution in [2.24, 2.45) is 5.92 Å². The first-order chi connectivity index (χ1) is 14.0. The van der Waals surface area contributed by atoms with Gasteiger partial charge in [0.15, 0.2) is 0 Å². The van der Waals surface area contributed by atoms with E-state index >= 15 is 0 Å². The lowest BCUT2D eigenvalue weighted by atomic mass is 10.0. The molecule has 3 aromatic carbocycles. The van der Waals surface area contributed by atoms with Crippen LogP contribution in [0.15, 0.2) is 72.8 Å². The molecule has 29 heavy (non-hydrogen) atoms. The van der Waals surface area contributed by atoms with E-state index in [4.69, 9.17) is 11.6 Å². The number of rotatable bonds is 8. The highest BCUT2D eigenvalue weighted by Crippen LogP contribution is 2.22. The van der Waals surface area contributed by atoms with E-state index in [1.54, 1.807) is 12.1 Å². The Morgan fingerprint density at radius 2 is 1.55 bits per heavy atom. The molecule has 3 aromatic rings. The van der Waals surface area contributed by atoms with Crippen LogP contribution in [0.2, 0.25) is 5.02 Å². The molecule has 0 heterocycles. The van der Waals surface area contributed by atoms with Crippen LogP contribution in [0.1, 0.15) is 40.9 Å². The number of benzene rings is 3. The molecule has 3 nitrogen and oxygen atoms in total. The Bertz CT molecular complexity index is 937. The molecule has 0 atom stereocenters. The molecule has 0 aliphatic heterocycles. The standard InChI is InChI=1S/C25H27ClN2O/c1-18(2)16-28-25(29)23-15-22(26)12-13-24(23)27-17-21-10-8-20(9-11-21)14-19-6-4-3-5-7-19/h3-13,15,18,27H,14,16-17H2,1-2H3,(H,28,29). The van der Waals surface area contributed by atoms with Gasteiger partial charge in [-0.2, -0.15) is 0 Å². The quantitative estimate of drug-likeness (QED) is 0.486. The molecule has 0 radical (unpaired) electrons. The first kappa shape index (κ1) is 20.9. The molecule has 2 N–H and O–H groups in total. The summed E-state index contributed by atoms with van der Waals surface area (Å²) in [6.45, 7) is 5.41. The maximum absolute atomic E-state index is 12.5. The molecule has 0 spiro atoms. The smallest absolute Gasteiger partial charge is 0.253 e. The second-order valence-electron chi connectivity index (χ2n) is 7.63. The minimum absolute atomic E-state index is 0.109. The minimum Gasteiger partial charge on any atom is -0.380 e. The van der Waals surface area contributed by atoms with Gasteiger partial charge in [0, 0.05) is 23.8 Å². The average Bonchev–Trinajstić information content (AvgIpc) is 2.73. The summed E-state index contributed by atoms with van der Waals surface area (Å²) in [5, 5.41) is 6.88. The summed E-state index contributed by atoms with van der Waals surface area (Å²) >= 11 is 6.12. The van der Waals surface area contributed by atoms with Crippen molar-refractivity contribution >= 4 is 23.2 Å². The Balaban J connectivity index is 1.64. The molecule has 0 aliphatic rings. The molecule has 3 rings (SSSR count). The molecule has 150 valence electrons. The zero-order valence-corrected chi connectivity index (χ0v) is 17.7. The number of amides is 1. The first-order valence-corrected chi connectivity index (χ1v) is 10.3. The van der Waals surface area contributed by atoms with Crippen LogP contribution >= 0.6 is 11.6 Å². The number of hydrogen-bond donors (Lipinski definition) is 2. The highest BCUT2D eigenvalue weighted by Gasteiger charge is 2.12. The fraction of sp³-hybridized carbons (Fsp3) is 0.240. The average molecular weight is 407 g/mol. The SMILES string of the molecule is CC(C)CNC(=O)c1cc(Cl)ccc1NCc1ccc(Cc2ccccc2)cc1. The Labute approximate surface area is 178 Å². The zero-order valence-electron chi connectivity index (χ0n) is 16.9. The van der Waals surface area contributed by atoms with Crippen LogP contribution < -0.4 is 10.6 Å². The third kappa shape index (κ3) is 6.37. The van der Waals surface area contributed by atoms with E-state index in [0.29, 0.717) is 29.6 Å². The van der Waals surface area contributed by atoms with Gasteiger partial charge < -0.3 is 10.6 Å². The largest absolute Gasteiger partial charge is 0.380 e. The Morgan fingerprint density at radius 1 is 0.897 bits per heavy atom. The topological polar surface area (TPSA) is 41.1 Å². The van der Waals surface area contributed by atoms with Crippen LogP contribution in [0, 0.1) is 5.92 Å². The van der Waals surface area contributed by atoms with Crippen molar-refractivity contribution in [1.29, 1.82) is 0 Å². The van der Waals surface area contributed by atoms with Crippen molar-refractivity contribution in [3.63, 3.8) is 0 Å². The van der Waals surface area contributed by atoms with Crippen molar-refractivity contribution in [2.75, 3.05) is 11.9 Å². The maximum Gasteiger partial charge on any atom is 0.253 e. The number of carbonyl (C=O) groups is 1. The number of anilines is 1. The van der Waals surface area contributed by atoms with Crippen molar-refractivity contribution < 1.29 is 4.79 Å². The first-order valence-electron chi connectivity index (χ1n) is 9.94. The van der Waals surface area contributed by atoms with Gasteiger partial charge in [-0.05, 0) is 47.2 Å². The molecule has 0 unspecified atom stereocenters. The highest BCUT2D eigenvalue weighted by atomic mass is 35.5. The normalized spacial score (nSPS) is 10.8. The summed E-state index contributed by atoms with van der Waals surface area (Å²) in [5.74, 6) is 0.283. The van der Waals surface area contributed by atoms with Gasteiger partial charge in [-0.25, -0.2) is 0 Å². The van der Waals surface area contributed by atoms with E-state index in [1.165, 1.54) is 11.1 Å². The molecule has 1 amide bonds. The summed E-state index contributed by atoms with van der Waals surface area (Å²) in [6, 6.07) is 24.4. The zero-order chi connectivity index (χ0) is 20.6. The summed E-state index contributed by atoms with van der Waals surface area (Å²) in [5.41, 5.74) is 5.09. The monoisotopic (exact) mass is 406 g/mol. The third-order valence-corrected chi connectivity index (χ3v) is 4.89. The number of halogens is 1. The molecular formula is C25H27ClN2O. The van der Waals surface area contributed by atoms with Gasteiger partial charge >= 0.3 is 0 Å². The van der Waals surface area contributed by atoms with Gasteiger partial charge in [0.2, 0.25) is 0 Å². The number of nitrogens with one attached hydrogen (secondary N) is 2. The van der Waals surface area contributed by atoms with Gasteiger partial charge in [-0.1, -0.05) is 80.0 Å². The van der Waals surface area contributed by atoms with Gasteiger partial charge in [0.25, 0.3) is 5.91 Å². The molecular weight excluding hydrogens is 380 g/mol. The van der Waals surface area contributed by atoms with Crippen LogP contribution in [0.4, 0.5) is 5.69 Å². The minimum atomic E-state index is -0.109. The van der Waals surface area contributed by atoms with Crippen molar-refractivity contribution in [2.45, 2.75) is 26.8 Å². The van der Waals surface area contributed by atoms with Gasteiger partial charge in [-0.3, -0.25) is 4.79 Å². The summed E-state index contributed by atoms with van der Waals surface area (Å²) in [6.07, 6.45) is 0.923. The number of carbonyl (C=O) groups excluding carboxylic acids is 1. The second-order valence-corrected chi connectivity index (χ2v) is 8.06.